The number of benzene rings is 1. The van der Waals surface area contributed by atoms with E-state index < -0.39 is 29.6 Å². The van der Waals surface area contributed by atoms with Gasteiger partial charge in [0.25, 0.3) is 5.91 Å². The van der Waals surface area contributed by atoms with Crippen molar-refractivity contribution in [2.24, 2.45) is 0 Å². The Bertz CT molecular complexity index is 1240. The summed E-state index contributed by atoms with van der Waals surface area (Å²) < 4.78 is 10.5. The molecule has 2 heterocycles. The summed E-state index contributed by atoms with van der Waals surface area (Å²) in [6.45, 7) is 11.2. The lowest BCUT2D eigenvalue weighted by molar-refractivity contribution is -0.155. The monoisotopic (exact) mass is 596 g/mol. The number of piperazine rings is 1. The van der Waals surface area contributed by atoms with E-state index >= 15 is 0 Å². The molecule has 1 saturated heterocycles. The van der Waals surface area contributed by atoms with E-state index in [1.165, 1.54) is 0 Å². The van der Waals surface area contributed by atoms with Crippen LogP contribution in [0.15, 0.2) is 36.4 Å². The largest absolute Gasteiger partial charge is 0.460 e. The number of aromatic nitrogens is 2. The van der Waals surface area contributed by atoms with Crippen LogP contribution in [0.1, 0.15) is 70.8 Å². The van der Waals surface area contributed by atoms with E-state index in [4.69, 9.17) is 9.47 Å². The van der Waals surface area contributed by atoms with Crippen molar-refractivity contribution < 1.29 is 28.7 Å². The normalized spacial score (nSPS) is 14.1. The van der Waals surface area contributed by atoms with Crippen LogP contribution >= 0.6 is 0 Å². The quantitative estimate of drug-likeness (QED) is 0.276. The average molecular weight is 597 g/mol. The molecule has 12 heteroatoms. The van der Waals surface area contributed by atoms with Gasteiger partial charge in [-0.1, -0.05) is 43.7 Å². The molecule has 1 atom stereocenters. The van der Waals surface area contributed by atoms with Crippen LogP contribution in [-0.2, 0) is 19.1 Å². The van der Waals surface area contributed by atoms with Gasteiger partial charge in [-0.15, -0.1) is 0 Å². The number of anilines is 1. The molecule has 0 radical (unpaired) electrons. The Balaban J connectivity index is 1.82. The minimum absolute atomic E-state index is 0.0375. The molecule has 2 aromatic rings. The third-order valence-corrected chi connectivity index (χ3v) is 6.61. The third-order valence-electron chi connectivity index (χ3n) is 6.61. The zero-order valence-corrected chi connectivity index (χ0v) is 25.9. The summed E-state index contributed by atoms with van der Waals surface area (Å²) in [7, 11) is 0. The van der Waals surface area contributed by atoms with Gasteiger partial charge >= 0.3 is 12.1 Å². The van der Waals surface area contributed by atoms with Gasteiger partial charge in [-0.2, -0.15) is 0 Å². The van der Waals surface area contributed by atoms with Gasteiger partial charge in [0.15, 0.2) is 5.82 Å². The summed E-state index contributed by atoms with van der Waals surface area (Å²) in [5.74, 6) is -0.509. The first-order valence-corrected chi connectivity index (χ1v) is 14.9. The Morgan fingerprint density at radius 1 is 0.977 bits per heavy atom. The van der Waals surface area contributed by atoms with Crippen LogP contribution in [-0.4, -0.2) is 94.6 Å². The van der Waals surface area contributed by atoms with Crippen molar-refractivity contribution in [1.29, 1.82) is 0 Å². The molecule has 1 aliphatic rings. The van der Waals surface area contributed by atoms with E-state index in [1.807, 2.05) is 30.3 Å². The van der Waals surface area contributed by atoms with Crippen molar-refractivity contribution in [2.45, 2.75) is 71.9 Å². The Kier molecular flexibility index (Phi) is 12.3. The smallest absolute Gasteiger partial charge is 0.409 e. The number of carbonyl (C=O) groups excluding carboxylic acids is 4. The number of nitrogens with zero attached hydrogens (tertiary/aromatic N) is 4. The molecule has 1 fully saturated rings. The van der Waals surface area contributed by atoms with E-state index in [-0.39, 0.29) is 44.1 Å². The molecule has 0 aliphatic carbocycles. The lowest BCUT2D eigenvalue weighted by Gasteiger charge is -2.36. The third kappa shape index (κ3) is 10.5. The van der Waals surface area contributed by atoms with Gasteiger partial charge in [0.1, 0.15) is 23.2 Å². The van der Waals surface area contributed by atoms with Gasteiger partial charge in [-0.05, 0) is 40.5 Å². The van der Waals surface area contributed by atoms with Crippen molar-refractivity contribution in [3.63, 3.8) is 0 Å². The number of carbonyl (C=O) groups is 4. The molecule has 43 heavy (non-hydrogen) atoms. The van der Waals surface area contributed by atoms with Crippen LogP contribution in [0.2, 0.25) is 0 Å². The highest BCUT2D eigenvalue weighted by Crippen LogP contribution is 2.19. The fraction of sp³-hybridized carbons (Fsp3) is 0.548. The highest BCUT2D eigenvalue weighted by molar-refractivity contribution is 5.97. The number of nitrogens with one attached hydrogen (secondary N) is 2. The number of esters is 1. The topological polar surface area (TPSA) is 143 Å². The molecule has 3 rings (SSSR count). The summed E-state index contributed by atoms with van der Waals surface area (Å²) in [6, 6.07) is 9.87. The maximum Gasteiger partial charge on any atom is 0.409 e. The summed E-state index contributed by atoms with van der Waals surface area (Å²) in [5.41, 5.74) is 0.155. The number of unbranched alkanes of at least 4 members (excludes halogenated alkanes) is 1. The lowest BCUT2D eigenvalue weighted by atomic mass is 10.1. The first kappa shape index (κ1) is 33.3. The summed E-state index contributed by atoms with van der Waals surface area (Å²) in [4.78, 5) is 64.2. The Morgan fingerprint density at radius 2 is 1.65 bits per heavy atom. The zero-order valence-electron chi connectivity index (χ0n) is 25.9. The molecule has 1 aromatic carbocycles. The summed E-state index contributed by atoms with van der Waals surface area (Å²) in [6.07, 6.45) is 1.46. The van der Waals surface area contributed by atoms with Crippen LogP contribution in [0.25, 0.3) is 11.4 Å². The molecule has 0 spiro atoms. The first-order valence-electron chi connectivity index (χ1n) is 14.9. The minimum Gasteiger partial charge on any atom is -0.460 e. The van der Waals surface area contributed by atoms with Gasteiger partial charge in [-0.25, -0.2) is 14.8 Å². The molecule has 0 bridgehead atoms. The number of hydrogen-bond donors (Lipinski definition) is 2. The van der Waals surface area contributed by atoms with E-state index in [0.717, 1.165) is 18.4 Å². The maximum atomic E-state index is 13.7. The number of rotatable bonds is 12. The van der Waals surface area contributed by atoms with Gasteiger partial charge in [-0.3, -0.25) is 14.4 Å². The molecular weight excluding hydrogens is 552 g/mol. The summed E-state index contributed by atoms with van der Waals surface area (Å²) in [5, 5.41) is 6.07. The number of ether oxygens (including phenoxy) is 2. The first-order chi connectivity index (χ1) is 20.5. The SMILES string of the molecule is CCCCNc1cc(C(=O)NC(CCC(=O)OC(C)(C)C)C(=O)N2CCN(C(=O)OCC)CC2)nc(-c2ccccc2)n1. The second-order valence-corrected chi connectivity index (χ2v) is 11.3. The van der Waals surface area contributed by atoms with E-state index in [1.54, 1.807) is 43.6 Å². The molecule has 234 valence electrons. The highest BCUT2D eigenvalue weighted by Gasteiger charge is 2.32. The van der Waals surface area contributed by atoms with E-state index in [2.05, 4.69) is 27.5 Å². The van der Waals surface area contributed by atoms with Crippen molar-refractivity contribution in [2.75, 3.05) is 44.6 Å². The minimum atomic E-state index is -1.01. The summed E-state index contributed by atoms with van der Waals surface area (Å²) >= 11 is 0. The predicted octanol–water partition coefficient (Wildman–Crippen LogP) is 3.88. The molecule has 3 amide bonds. The van der Waals surface area contributed by atoms with Crippen molar-refractivity contribution in [3.05, 3.63) is 42.1 Å². The van der Waals surface area contributed by atoms with Crippen molar-refractivity contribution in [3.8, 4) is 11.4 Å². The fourth-order valence-corrected chi connectivity index (χ4v) is 4.45. The van der Waals surface area contributed by atoms with Crippen LogP contribution in [0, 0.1) is 0 Å². The standard InChI is InChI=1S/C31H44N6O6/c1-6-8-16-32-25-21-24(33-27(35-25)22-12-10-9-11-13-22)28(39)34-23(14-15-26(38)43-31(3,4)5)29(40)36-17-19-37(20-18-36)30(41)42-7-2/h9-13,21,23H,6-8,14-20H2,1-5H3,(H,34,39)(H,32,33,35). The second-order valence-electron chi connectivity index (χ2n) is 11.3. The maximum absolute atomic E-state index is 13.7. The van der Waals surface area contributed by atoms with Crippen molar-refractivity contribution >= 4 is 29.7 Å². The van der Waals surface area contributed by atoms with E-state index in [0.29, 0.717) is 31.3 Å². The molecule has 1 aromatic heterocycles. The molecule has 1 aliphatic heterocycles. The van der Waals surface area contributed by atoms with Crippen molar-refractivity contribution in [1.82, 2.24) is 25.1 Å². The van der Waals surface area contributed by atoms with Crippen LogP contribution in [0.3, 0.4) is 0 Å². The van der Waals surface area contributed by atoms with Crippen LogP contribution in [0.4, 0.5) is 10.6 Å². The fourth-order valence-electron chi connectivity index (χ4n) is 4.45. The molecular formula is C31H44N6O6. The predicted molar refractivity (Wildman–Crippen MR) is 162 cm³/mol. The average Bonchev–Trinajstić information content (AvgIpc) is 2.98. The number of amides is 3. The molecule has 1 unspecified atom stereocenters. The van der Waals surface area contributed by atoms with Gasteiger partial charge < -0.3 is 29.9 Å². The number of hydrogen-bond acceptors (Lipinski definition) is 9. The van der Waals surface area contributed by atoms with Gasteiger partial charge in [0.2, 0.25) is 5.91 Å². The Labute approximate surface area is 253 Å². The Hall–Kier alpha value is -4.22. The second kappa shape index (κ2) is 15.9. The van der Waals surface area contributed by atoms with Crippen LogP contribution < -0.4 is 10.6 Å². The Morgan fingerprint density at radius 3 is 2.28 bits per heavy atom. The molecule has 0 saturated carbocycles. The molecule has 12 nitrogen and oxygen atoms in total. The van der Waals surface area contributed by atoms with Gasteiger partial charge in [0.05, 0.1) is 6.61 Å². The molecule has 2 N–H and O–H groups in total. The lowest BCUT2D eigenvalue weighted by Crippen LogP contribution is -2.56. The van der Waals surface area contributed by atoms with E-state index in [9.17, 15) is 19.2 Å². The highest BCUT2D eigenvalue weighted by atomic mass is 16.6. The van der Waals surface area contributed by atoms with Crippen LogP contribution in [0.5, 0.6) is 0 Å². The zero-order chi connectivity index (χ0) is 31.4. The van der Waals surface area contributed by atoms with Gasteiger partial charge in [0, 0.05) is 50.8 Å².